The van der Waals surface area contributed by atoms with Crippen molar-refractivity contribution in [3.05, 3.63) is 23.0 Å². The molecule has 0 bridgehead atoms. The molecule has 5 heteroatoms. The summed E-state index contributed by atoms with van der Waals surface area (Å²) in [5, 5.41) is 7.70. The van der Waals surface area contributed by atoms with Crippen molar-refractivity contribution in [2.45, 2.75) is 41.2 Å². The van der Waals surface area contributed by atoms with Crippen molar-refractivity contribution in [1.82, 2.24) is 15.3 Å². The fraction of sp³-hybridized carbons (Fsp3) is 0.571. The van der Waals surface area contributed by atoms with Gasteiger partial charge in [-0.15, -0.1) is 0 Å². The maximum atomic E-state index is 5.05. The zero-order valence-electron chi connectivity index (χ0n) is 12.4. The minimum Gasteiger partial charge on any atom is -0.362 e. The van der Waals surface area contributed by atoms with Gasteiger partial charge in [0.15, 0.2) is 5.11 Å². The minimum absolute atomic E-state index is 0.551. The largest absolute Gasteiger partial charge is 0.362 e. The highest BCUT2D eigenvalue weighted by atomic mass is 32.1. The number of aromatic nitrogens is 1. The highest BCUT2D eigenvalue weighted by molar-refractivity contribution is 7.80. The number of aryl methyl sites for hydroxylation is 1. The number of hydrogen-bond acceptors (Lipinski definition) is 2. The standard InChI is InChI=1S/C14H24N4S/c1-6-15-14(19)17-16-8-13-7-11(4)18(12(13)5)9-10(2)3/h7-8,10H,6,9H2,1-5H3,(H2,15,17,19)/b16-8-. The average molecular weight is 280 g/mol. The molecular formula is C14H24N4S. The number of hydrazone groups is 1. The van der Waals surface area contributed by atoms with Gasteiger partial charge in [0.1, 0.15) is 0 Å². The Kier molecular flexibility index (Phi) is 6.02. The van der Waals surface area contributed by atoms with Crippen molar-refractivity contribution < 1.29 is 0 Å². The van der Waals surface area contributed by atoms with E-state index in [2.05, 4.69) is 54.2 Å². The van der Waals surface area contributed by atoms with E-state index in [0.717, 1.165) is 18.7 Å². The van der Waals surface area contributed by atoms with Crippen molar-refractivity contribution in [3.8, 4) is 0 Å². The van der Waals surface area contributed by atoms with Crippen molar-refractivity contribution in [2.75, 3.05) is 6.54 Å². The number of nitrogens with one attached hydrogen (secondary N) is 2. The normalized spacial score (nSPS) is 11.3. The van der Waals surface area contributed by atoms with Crippen LogP contribution in [0.15, 0.2) is 11.2 Å². The van der Waals surface area contributed by atoms with Crippen LogP contribution in [0.4, 0.5) is 0 Å². The number of nitrogens with zero attached hydrogens (tertiary/aromatic N) is 2. The van der Waals surface area contributed by atoms with Crippen LogP contribution in [0.3, 0.4) is 0 Å². The van der Waals surface area contributed by atoms with E-state index < -0.39 is 0 Å². The van der Waals surface area contributed by atoms with Gasteiger partial charge >= 0.3 is 0 Å². The quantitative estimate of drug-likeness (QED) is 0.495. The van der Waals surface area contributed by atoms with Gasteiger partial charge in [-0.3, -0.25) is 5.43 Å². The zero-order chi connectivity index (χ0) is 14.4. The molecule has 0 saturated carbocycles. The lowest BCUT2D eigenvalue weighted by Crippen LogP contribution is -2.31. The molecule has 0 saturated heterocycles. The SMILES string of the molecule is CCNC(=S)N/N=C\c1cc(C)n(CC(C)C)c1C. The second kappa shape index (κ2) is 7.28. The van der Waals surface area contributed by atoms with E-state index in [1.165, 1.54) is 11.4 Å². The van der Waals surface area contributed by atoms with Crippen LogP contribution in [0.25, 0.3) is 0 Å². The summed E-state index contributed by atoms with van der Waals surface area (Å²) in [6.45, 7) is 12.5. The topological polar surface area (TPSA) is 41.4 Å². The molecule has 0 aromatic carbocycles. The average Bonchev–Trinajstić information content (AvgIpc) is 2.57. The Hall–Kier alpha value is -1.36. The van der Waals surface area contributed by atoms with Crippen LogP contribution in [0.5, 0.6) is 0 Å². The highest BCUT2D eigenvalue weighted by Crippen LogP contribution is 2.15. The third-order valence-corrected chi connectivity index (χ3v) is 3.10. The molecular weight excluding hydrogens is 256 g/mol. The predicted octanol–water partition coefficient (Wildman–Crippen LogP) is 2.58. The smallest absolute Gasteiger partial charge is 0.186 e. The number of thiocarbonyl (C=S) groups is 1. The zero-order valence-corrected chi connectivity index (χ0v) is 13.3. The second-order valence-corrected chi connectivity index (χ2v) is 5.47. The monoisotopic (exact) mass is 280 g/mol. The number of rotatable bonds is 5. The van der Waals surface area contributed by atoms with Gasteiger partial charge in [-0.2, -0.15) is 5.10 Å². The van der Waals surface area contributed by atoms with Gasteiger partial charge < -0.3 is 9.88 Å². The maximum Gasteiger partial charge on any atom is 0.186 e. The van der Waals surface area contributed by atoms with Crippen LogP contribution < -0.4 is 10.7 Å². The van der Waals surface area contributed by atoms with Gasteiger partial charge in [-0.05, 0) is 45.0 Å². The summed E-state index contributed by atoms with van der Waals surface area (Å²) in [7, 11) is 0. The molecule has 0 aliphatic heterocycles. The first-order chi connectivity index (χ1) is 8.95. The molecule has 106 valence electrons. The van der Waals surface area contributed by atoms with E-state index in [0.29, 0.717) is 11.0 Å². The summed E-state index contributed by atoms with van der Waals surface area (Å²) < 4.78 is 2.33. The van der Waals surface area contributed by atoms with E-state index in [1.54, 1.807) is 0 Å². The Labute approximate surface area is 121 Å². The van der Waals surface area contributed by atoms with Crippen molar-refractivity contribution in [2.24, 2.45) is 11.0 Å². The van der Waals surface area contributed by atoms with Crippen molar-refractivity contribution >= 4 is 23.5 Å². The van der Waals surface area contributed by atoms with Gasteiger partial charge in [0.25, 0.3) is 0 Å². The highest BCUT2D eigenvalue weighted by Gasteiger charge is 2.08. The van der Waals surface area contributed by atoms with E-state index in [-0.39, 0.29) is 0 Å². The van der Waals surface area contributed by atoms with Gasteiger partial charge in [-0.25, -0.2) is 0 Å². The molecule has 0 spiro atoms. The minimum atomic E-state index is 0.551. The first-order valence-corrected chi connectivity index (χ1v) is 7.10. The Morgan fingerprint density at radius 2 is 2.16 bits per heavy atom. The molecule has 1 heterocycles. The molecule has 1 aromatic heterocycles. The summed E-state index contributed by atoms with van der Waals surface area (Å²) in [6, 6.07) is 2.15. The molecule has 0 aliphatic rings. The fourth-order valence-electron chi connectivity index (χ4n) is 1.97. The molecule has 0 radical (unpaired) electrons. The molecule has 19 heavy (non-hydrogen) atoms. The third kappa shape index (κ3) is 4.67. The molecule has 2 N–H and O–H groups in total. The summed E-state index contributed by atoms with van der Waals surface area (Å²) in [5.74, 6) is 0.633. The summed E-state index contributed by atoms with van der Waals surface area (Å²) in [6.07, 6.45) is 1.82. The number of hydrogen-bond donors (Lipinski definition) is 2. The first kappa shape index (κ1) is 15.7. The van der Waals surface area contributed by atoms with Crippen molar-refractivity contribution in [3.63, 3.8) is 0 Å². The van der Waals surface area contributed by atoms with Crippen molar-refractivity contribution in [1.29, 1.82) is 0 Å². The summed E-state index contributed by atoms with van der Waals surface area (Å²) >= 11 is 5.05. The van der Waals surface area contributed by atoms with Gasteiger partial charge in [-0.1, -0.05) is 13.8 Å². The first-order valence-electron chi connectivity index (χ1n) is 6.69. The lowest BCUT2D eigenvalue weighted by atomic mass is 10.2. The van der Waals surface area contributed by atoms with E-state index in [9.17, 15) is 0 Å². The van der Waals surface area contributed by atoms with Crippen LogP contribution >= 0.6 is 12.2 Å². The predicted molar refractivity (Wildman–Crippen MR) is 85.7 cm³/mol. The molecule has 0 aliphatic carbocycles. The fourth-order valence-corrected chi connectivity index (χ4v) is 2.16. The van der Waals surface area contributed by atoms with Gasteiger partial charge in [0.2, 0.25) is 0 Å². The second-order valence-electron chi connectivity index (χ2n) is 5.06. The van der Waals surface area contributed by atoms with Crippen LogP contribution in [-0.2, 0) is 6.54 Å². The Morgan fingerprint density at radius 3 is 2.74 bits per heavy atom. The lowest BCUT2D eigenvalue weighted by Gasteiger charge is -2.11. The Balaban J connectivity index is 2.74. The lowest BCUT2D eigenvalue weighted by molar-refractivity contribution is 0.509. The molecule has 0 unspecified atom stereocenters. The molecule has 1 aromatic rings. The van der Waals surface area contributed by atoms with Gasteiger partial charge in [0.05, 0.1) is 6.21 Å². The third-order valence-electron chi connectivity index (χ3n) is 2.87. The van der Waals surface area contributed by atoms with Gasteiger partial charge in [0, 0.05) is 30.0 Å². The summed E-state index contributed by atoms with van der Waals surface area (Å²) in [5.41, 5.74) is 6.45. The van der Waals surface area contributed by atoms with Crippen LogP contribution in [0.2, 0.25) is 0 Å². The Morgan fingerprint density at radius 1 is 1.47 bits per heavy atom. The molecule has 0 fully saturated rings. The van der Waals surface area contributed by atoms with Crippen LogP contribution in [0, 0.1) is 19.8 Å². The Bertz CT molecular complexity index is 460. The molecule has 4 nitrogen and oxygen atoms in total. The molecule has 0 atom stereocenters. The van der Waals surface area contributed by atoms with Crippen LogP contribution in [0.1, 0.15) is 37.7 Å². The maximum absolute atomic E-state index is 5.05. The van der Waals surface area contributed by atoms with E-state index >= 15 is 0 Å². The molecule has 1 rings (SSSR count). The van der Waals surface area contributed by atoms with E-state index in [4.69, 9.17) is 12.2 Å². The van der Waals surface area contributed by atoms with Crippen LogP contribution in [-0.4, -0.2) is 22.4 Å². The van der Waals surface area contributed by atoms with E-state index in [1.807, 2.05) is 13.1 Å². The summed E-state index contributed by atoms with van der Waals surface area (Å²) in [4.78, 5) is 0. The molecule has 0 amide bonds.